The third kappa shape index (κ3) is 5.87. The highest BCUT2D eigenvalue weighted by Gasteiger charge is 2.25. The first kappa shape index (κ1) is 23.3. The van der Waals surface area contributed by atoms with Crippen LogP contribution in [0, 0.1) is 0 Å². The van der Waals surface area contributed by atoms with Gasteiger partial charge in [-0.2, -0.15) is 0 Å². The van der Waals surface area contributed by atoms with E-state index in [0.717, 1.165) is 17.1 Å². The van der Waals surface area contributed by atoms with E-state index in [9.17, 15) is 4.79 Å². The number of nitrogens with one attached hydrogen (secondary N) is 1. The summed E-state index contributed by atoms with van der Waals surface area (Å²) in [5.41, 5.74) is 1.99. The highest BCUT2D eigenvalue weighted by atomic mass is 35.5. The second-order valence-corrected chi connectivity index (χ2v) is 9.12. The van der Waals surface area contributed by atoms with Crippen LogP contribution in [0.5, 0.6) is 0 Å². The summed E-state index contributed by atoms with van der Waals surface area (Å²) in [6.45, 7) is 4.59. The molecule has 1 heterocycles. The molecule has 2 aromatic carbocycles. The fraction of sp³-hybridized carbons (Fsp3) is 0.348. The van der Waals surface area contributed by atoms with E-state index in [2.05, 4.69) is 27.3 Å². The number of aromatic nitrogens is 3. The molecule has 3 rings (SSSR count). The van der Waals surface area contributed by atoms with Gasteiger partial charge in [-0.05, 0) is 57.3 Å². The van der Waals surface area contributed by atoms with Gasteiger partial charge in [0.25, 0.3) is 0 Å². The van der Waals surface area contributed by atoms with E-state index in [1.165, 1.54) is 11.8 Å². The minimum absolute atomic E-state index is 0.00998. The lowest BCUT2D eigenvalue weighted by atomic mass is 10.2. The van der Waals surface area contributed by atoms with E-state index in [1.807, 2.05) is 80.2 Å². The Kier molecular flexibility index (Phi) is 8.12. The molecule has 0 fully saturated rings. The number of amides is 1. The maximum absolute atomic E-state index is 12.9. The van der Waals surface area contributed by atoms with Gasteiger partial charge in [0.05, 0.1) is 11.3 Å². The molecule has 1 aromatic heterocycles. The molecule has 31 heavy (non-hydrogen) atoms. The zero-order valence-electron chi connectivity index (χ0n) is 18.2. The standard InChI is InChI=1S/C23H28ClN5OS/c1-5-20(22(30)25-15-17-9-7-6-8-10-17)31-23-27-26-21(16(2)28(3)4)29(23)19-13-11-18(24)12-14-19/h6-14,16,20H,5,15H2,1-4H3,(H,25,30). The molecule has 164 valence electrons. The van der Waals surface area contributed by atoms with Crippen LogP contribution in [0.2, 0.25) is 5.02 Å². The van der Waals surface area contributed by atoms with Gasteiger partial charge in [0, 0.05) is 17.3 Å². The van der Waals surface area contributed by atoms with Crippen molar-refractivity contribution in [3.63, 3.8) is 0 Å². The van der Waals surface area contributed by atoms with Gasteiger partial charge >= 0.3 is 0 Å². The Hall–Kier alpha value is -2.35. The zero-order valence-corrected chi connectivity index (χ0v) is 19.8. The molecule has 0 spiro atoms. The van der Waals surface area contributed by atoms with E-state index >= 15 is 0 Å². The normalized spacial score (nSPS) is 13.2. The van der Waals surface area contributed by atoms with Crippen LogP contribution in [0.4, 0.5) is 0 Å². The molecular weight excluding hydrogens is 430 g/mol. The SMILES string of the molecule is CCC(Sc1nnc(C(C)N(C)C)n1-c1ccc(Cl)cc1)C(=O)NCc1ccccc1. The summed E-state index contributed by atoms with van der Waals surface area (Å²) in [5.74, 6) is 0.804. The highest BCUT2D eigenvalue weighted by molar-refractivity contribution is 8.00. The third-order valence-corrected chi connectivity index (χ3v) is 6.67. The van der Waals surface area contributed by atoms with Gasteiger partial charge in [-0.15, -0.1) is 10.2 Å². The molecule has 0 bridgehead atoms. The quantitative estimate of drug-likeness (QED) is 0.470. The van der Waals surface area contributed by atoms with Gasteiger partial charge in [0.1, 0.15) is 0 Å². The monoisotopic (exact) mass is 457 g/mol. The summed E-state index contributed by atoms with van der Waals surface area (Å²) in [7, 11) is 4.01. The summed E-state index contributed by atoms with van der Waals surface area (Å²) in [6, 6.07) is 17.5. The molecule has 1 N–H and O–H groups in total. The molecular formula is C23H28ClN5OS. The van der Waals surface area contributed by atoms with Crippen LogP contribution >= 0.6 is 23.4 Å². The second-order valence-electron chi connectivity index (χ2n) is 7.51. The van der Waals surface area contributed by atoms with Crippen LogP contribution in [-0.4, -0.2) is 44.9 Å². The van der Waals surface area contributed by atoms with Gasteiger partial charge < -0.3 is 5.32 Å². The second kappa shape index (κ2) is 10.8. The van der Waals surface area contributed by atoms with Crippen LogP contribution < -0.4 is 5.32 Å². The van der Waals surface area contributed by atoms with Crippen molar-refractivity contribution in [2.24, 2.45) is 0 Å². The van der Waals surface area contributed by atoms with E-state index in [-0.39, 0.29) is 17.2 Å². The molecule has 0 saturated heterocycles. The average molecular weight is 458 g/mol. The summed E-state index contributed by atoms with van der Waals surface area (Å²) < 4.78 is 2.01. The number of carbonyl (C=O) groups is 1. The largest absolute Gasteiger partial charge is 0.351 e. The summed E-state index contributed by atoms with van der Waals surface area (Å²) in [4.78, 5) is 15.0. The zero-order chi connectivity index (χ0) is 22.4. The van der Waals surface area contributed by atoms with Crippen molar-refractivity contribution in [2.45, 2.75) is 43.3 Å². The van der Waals surface area contributed by atoms with Crippen molar-refractivity contribution in [3.8, 4) is 5.69 Å². The summed E-state index contributed by atoms with van der Waals surface area (Å²) >= 11 is 7.53. The van der Waals surface area contributed by atoms with Crippen molar-refractivity contribution in [1.82, 2.24) is 25.0 Å². The van der Waals surface area contributed by atoms with Crippen LogP contribution in [0.3, 0.4) is 0 Å². The summed E-state index contributed by atoms with van der Waals surface area (Å²) in [5, 5.41) is 13.0. The Morgan fingerprint density at radius 1 is 1.13 bits per heavy atom. The predicted octanol–water partition coefficient (Wildman–Crippen LogP) is 4.73. The number of rotatable bonds is 9. The number of nitrogens with zero attached hydrogens (tertiary/aromatic N) is 4. The van der Waals surface area contributed by atoms with Gasteiger partial charge in [0.2, 0.25) is 5.91 Å². The lowest BCUT2D eigenvalue weighted by Crippen LogP contribution is -2.32. The molecule has 0 aliphatic carbocycles. The van der Waals surface area contributed by atoms with Gasteiger partial charge in [0.15, 0.2) is 11.0 Å². The minimum Gasteiger partial charge on any atom is -0.351 e. The van der Waals surface area contributed by atoms with E-state index in [0.29, 0.717) is 23.1 Å². The van der Waals surface area contributed by atoms with Crippen LogP contribution in [0.15, 0.2) is 59.8 Å². The number of hydrogen-bond donors (Lipinski definition) is 1. The Morgan fingerprint density at radius 3 is 2.42 bits per heavy atom. The van der Waals surface area contributed by atoms with Gasteiger partial charge in [-0.3, -0.25) is 14.3 Å². The number of carbonyl (C=O) groups excluding carboxylic acids is 1. The lowest BCUT2D eigenvalue weighted by Gasteiger charge is -2.21. The Bertz CT molecular complexity index is 991. The smallest absolute Gasteiger partial charge is 0.233 e. The topological polar surface area (TPSA) is 63.1 Å². The van der Waals surface area contributed by atoms with Gasteiger partial charge in [-0.1, -0.05) is 60.6 Å². The van der Waals surface area contributed by atoms with E-state index < -0.39 is 0 Å². The predicted molar refractivity (Wildman–Crippen MR) is 127 cm³/mol. The van der Waals surface area contributed by atoms with Crippen LogP contribution in [-0.2, 0) is 11.3 Å². The maximum atomic E-state index is 12.9. The van der Waals surface area contributed by atoms with E-state index in [1.54, 1.807) is 0 Å². The molecule has 3 aromatic rings. The molecule has 8 heteroatoms. The maximum Gasteiger partial charge on any atom is 0.233 e. The third-order valence-electron chi connectivity index (χ3n) is 5.11. The van der Waals surface area contributed by atoms with E-state index in [4.69, 9.17) is 11.6 Å². The molecule has 0 saturated carbocycles. The Labute approximate surface area is 193 Å². The van der Waals surface area contributed by atoms with Crippen molar-refractivity contribution in [2.75, 3.05) is 14.1 Å². The first-order valence-electron chi connectivity index (χ1n) is 10.3. The Balaban J connectivity index is 1.84. The number of hydrogen-bond acceptors (Lipinski definition) is 5. The van der Waals surface area contributed by atoms with Crippen molar-refractivity contribution < 1.29 is 4.79 Å². The lowest BCUT2D eigenvalue weighted by molar-refractivity contribution is -0.120. The van der Waals surface area contributed by atoms with Crippen molar-refractivity contribution >= 4 is 29.3 Å². The first-order chi connectivity index (χ1) is 14.9. The molecule has 0 aliphatic heterocycles. The summed E-state index contributed by atoms with van der Waals surface area (Å²) in [6.07, 6.45) is 0.678. The average Bonchev–Trinajstić information content (AvgIpc) is 3.19. The van der Waals surface area contributed by atoms with Crippen LogP contribution in [0.1, 0.15) is 37.7 Å². The number of halogens is 1. The fourth-order valence-electron chi connectivity index (χ4n) is 3.04. The first-order valence-corrected chi connectivity index (χ1v) is 11.5. The molecule has 0 radical (unpaired) electrons. The Morgan fingerprint density at radius 2 is 1.81 bits per heavy atom. The van der Waals surface area contributed by atoms with Gasteiger partial charge in [-0.25, -0.2) is 0 Å². The minimum atomic E-state index is -0.276. The molecule has 2 unspecified atom stereocenters. The molecule has 0 aliphatic rings. The number of benzene rings is 2. The molecule has 1 amide bonds. The van der Waals surface area contributed by atoms with Crippen molar-refractivity contribution in [1.29, 1.82) is 0 Å². The molecule has 6 nitrogen and oxygen atoms in total. The van der Waals surface area contributed by atoms with Crippen molar-refractivity contribution in [3.05, 3.63) is 71.0 Å². The van der Waals surface area contributed by atoms with Crippen LogP contribution in [0.25, 0.3) is 5.69 Å². The fourth-order valence-corrected chi connectivity index (χ4v) is 4.17. The number of thioether (sulfide) groups is 1. The molecule has 2 atom stereocenters. The highest BCUT2D eigenvalue weighted by Crippen LogP contribution is 2.31.